The molecular weight excluding hydrogens is 618 g/mol. The maximum absolute atomic E-state index is 6.89. The highest BCUT2D eigenvalue weighted by atomic mass is 16.8. The van der Waals surface area contributed by atoms with Gasteiger partial charge in [-0.3, -0.25) is 0 Å². The Kier molecular flexibility index (Phi) is 27.2. The van der Waals surface area contributed by atoms with Crippen molar-refractivity contribution < 1.29 is 18.9 Å². The van der Waals surface area contributed by atoms with Gasteiger partial charge < -0.3 is 23.8 Å². The molecule has 0 radical (unpaired) electrons. The van der Waals surface area contributed by atoms with Crippen molar-refractivity contribution in [2.45, 2.75) is 211 Å². The van der Waals surface area contributed by atoms with E-state index in [-0.39, 0.29) is 24.6 Å². The molecule has 0 amide bonds. The van der Waals surface area contributed by atoms with E-state index in [0.717, 1.165) is 45.1 Å². The predicted octanol–water partition coefficient (Wildman–Crippen LogP) is 12.8. The molecule has 1 unspecified atom stereocenters. The number of unbranched alkanes of at least 4 members (excludes halogenated alkanes) is 18. The Morgan fingerprint density at radius 1 is 0.520 bits per heavy atom. The highest BCUT2D eigenvalue weighted by Gasteiger charge is 2.58. The van der Waals surface area contributed by atoms with Crippen LogP contribution in [-0.4, -0.2) is 63.0 Å². The van der Waals surface area contributed by atoms with E-state index in [0.29, 0.717) is 0 Å². The van der Waals surface area contributed by atoms with Crippen LogP contribution >= 0.6 is 0 Å². The number of hydrogen-bond donors (Lipinski definition) is 0. The number of rotatable bonds is 33. The molecule has 4 atom stereocenters. The highest BCUT2D eigenvalue weighted by Crippen LogP contribution is 2.44. The summed E-state index contributed by atoms with van der Waals surface area (Å²) in [4.78, 5) is 2.17. The van der Waals surface area contributed by atoms with Gasteiger partial charge in [-0.1, -0.05) is 140 Å². The fourth-order valence-corrected chi connectivity index (χ4v) is 7.31. The SMILES string of the molecule is CCCCC/C=C\C/C=C\CCCCCCCCC1(CCCCCCCC/C=C\C/C=C\CCCCC)O[C@H]2[C@H](CN(C)C)OC(OC)[C@H]2O1. The summed E-state index contributed by atoms with van der Waals surface area (Å²) < 4.78 is 25.7. The molecule has 290 valence electrons. The zero-order chi connectivity index (χ0) is 36.0. The van der Waals surface area contributed by atoms with Crippen LogP contribution in [0.2, 0.25) is 0 Å². The van der Waals surface area contributed by atoms with Gasteiger partial charge in [0.2, 0.25) is 0 Å². The van der Waals surface area contributed by atoms with E-state index in [1.165, 1.54) is 128 Å². The summed E-state index contributed by atoms with van der Waals surface area (Å²) >= 11 is 0. The normalized spacial score (nSPS) is 22.1. The molecule has 0 aromatic rings. The van der Waals surface area contributed by atoms with Crippen LogP contribution in [0.3, 0.4) is 0 Å². The van der Waals surface area contributed by atoms with Crippen molar-refractivity contribution in [2.24, 2.45) is 0 Å². The van der Waals surface area contributed by atoms with Gasteiger partial charge in [-0.25, -0.2) is 0 Å². The number of methoxy groups -OCH3 is 1. The summed E-state index contributed by atoms with van der Waals surface area (Å²) in [7, 11) is 5.92. The van der Waals surface area contributed by atoms with Crippen molar-refractivity contribution >= 4 is 0 Å². The number of fused-ring (bicyclic) bond motifs is 1. The molecule has 2 saturated heterocycles. The zero-order valence-corrected chi connectivity index (χ0v) is 33.6. The number of allylic oxidation sites excluding steroid dienone is 8. The van der Waals surface area contributed by atoms with Gasteiger partial charge >= 0.3 is 0 Å². The van der Waals surface area contributed by atoms with Crippen LogP contribution in [0.15, 0.2) is 48.6 Å². The van der Waals surface area contributed by atoms with Gasteiger partial charge in [0, 0.05) is 26.5 Å². The molecule has 5 nitrogen and oxygen atoms in total. The first-order chi connectivity index (χ1) is 24.5. The third kappa shape index (κ3) is 20.7. The zero-order valence-electron chi connectivity index (χ0n) is 33.6. The Morgan fingerprint density at radius 3 is 1.34 bits per heavy atom. The van der Waals surface area contributed by atoms with Crippen LogP contribution < -0.4 is 0 Å². The maximum Gasteiger partial charge on any atom is 0.186 e. The molecule has 2 rings (SSSR count). The molecular formula is C45H81NO4. The third-order valence-corrected chi connectivity index (χ3v) is 10.3. The lowest BCUT2D eigenvalue weighted by Crippen LogP contribution is -2.39. The van der Waals surface area contributed by atoms with Crippen molar-refractivity contribution in [1.82, 2.24) is 4.90 Å². The summed E-state index contributed by atoms with van der Waals surface area (Å²) in [6.45, 7) is 5.35. The summed E-state index contributed by atoms with van der Waals surface area (Å²) in [5.41, 5.74) is 0. The Balaban J connectivity index is 1.66. The first-order valence-corrected chi connectivity index (χ1v) is 21.3. The Morgan fingerprint density at radius 2 is 0.920 bits per heavy atom. The molecule has 0 aromatic heterocycles. The van der Waals surface area contributed by atoms with Gasteiger partial charge in [-0.15, -0.1) is 0 Å². The van der Waals surface area contributed by atoms with E-state index in [9.17, 15) is 0 Å². The predicted molar refractivity (Wildman–Crippen MR) is 215 cm³/mol. The number of hydrogen-bond acceptors (Lipinski definition) is 5. The smallest absolute Gasteiger partial charge is 0.186 e. The largest absolute Gasteiger partial charge is 0.353 e. The summed E-state index contributed by atoms with van der Waals surface area (Å²) in [6.07, 6.45) is 50.5. The molecule has 0 aromatic carbocycles. The van der Waals surface area contributed by atoms with Gasteiger partial charge in [0.05, 0.1) is 0 Å². The second kappa shape index (κ2) is 30.2. The standard InChI is InChI=1S/C45H81NO4/c1-6-8-10-12-14-16-18-20-22-24-26-28-30-32-34-36-38-45(49-42-41(40-46(3)4)48-44(47-5)43(42)50-45)39-37-35-33-31-29-27-25-23-21-19-17-15-13-11-9-7-2/h14-17,20-23,41-44H,6-13,18-19,24-40H2,1-5H3/b16-14-,17-15-,22-20-,23-21-/t41-,42-,43-,44?/m0/s1. The minimum Gasteiger partial charge on any atom is -0.353 e. The number of nitrogens with zero attached hydrogens (tertiary/aromatic N) is 1. The molecule has 0 bridgehead atoms. The second-order valence-corrected chi connectivity index (χ2v) is 15.3. The molecule has 2 aliphatic heterocycles. The summed E-state index contributed by atoms with van der Waals surface area (Å²) in [5.74, 6) is -0.495. The second-order valence-electron chi connectivity index (χ2n) is 15.3. The van der Waals surface area contributed by atoms with E-state index in [2.05, 4.69) is 81.5 Å². The summed E-state index contributed by atoms with van der Waals surface area (Å²) in [5, 5.41) is 0. The van der Waals surface area contributed by atoms with Gasteiger partial charge in [0.25, 0.3) is 0 Å². The van der Waals surface area contributed by atoms with Gasteiger partial charge in [0.1, 0.15) is 18.3 Å². The van der Waals surface area contributed by atoms with Crippen molar-refractivity contribution in [3.8, 4) is 0 Å². The van der Waals surface area contributed by atoms with Crippen molar-refractivity contribution in [1.29, 1.82) is 0 Å². The topological polar surface area (TPSA) is 40.2 Å². The lowest BCUT2D eigenvalue weighted by molar-refractivity contribution is -0.248. The average molecular weight is 700 g/mol. The molecule has 0 aliphatic carbocycles. The van der Waals surface area contributed by atoms with E-state index in [4.69, 9.17) is 18.9 Å². The summed E-state index contributed by atoms with van der Waals surface area (Å²) in [6, 6.07) is 0. The molecule has 50 heavy (non-hydrogen) atoms. The molecule has 0 N–H and O–H groups in total. The van der Waals surface area contributed by atoms with Gasteiger partial charge in [-0.2, -0.15) is 0 Å². The number of ether oxygens (including phenoxy) is 4. The van der Waals surface area contributed by atoms with Crippen LogP contribution in [-0.2, 0) is 18.9 Å². The molecule has 0 spiro atoms. The van der Waals surface area contributed by atoms with Gasteiger partial charge in [-0.05, 0) is 91.1 Å². The van der Waals surface area contributed by atoms with E-state index in [1.807, 2.05) is 0 Å². The van der Waals surface area contributed by atoms with Gasteiger partial charge in [0.15, 0.2) is 12.1 Å². The number of likely N-dealkylation sites (N-methyl/N-ethyl adjacent to an activating group) is 1. The third-order valence-electron chi connectivity index (χ3n) is 10.3. The average Bonchev–Trinajstić information content (AvgIpc) is 3.63. The Hall–Kier alpha value is -1.24. The maximum atomic E-state index is 6.89. The lowest BCUT2D eigenvalue weighted by atomic mass is 9.98. The first-order valence-electron chi connectivity index (χ1n) is 21.3. The van der Waals surface area contributed by atoms with Crippen LogP contribution in [0.4, 0.5) is 0 Å². The van der Waals surface area contributed by atoms with Crippen LogP contribution in [0.5, 0.6) is 0 Å². The molecule has 2 aliphatic rings. The fourth-order valence-electron chi connectivity index (χ4n) is 7.31. The van der Waals surface area contributed by atoms with Crippen LogP contribution in [0, 0.1) is 0 Å². The first kappa shape index (κ1) is 44.9. The fraction of sp³-hybridized carbons (Fsp3) is 0.822. The van der Waals surface area contributed by atoms with E-state index >= 15 is 0 Å². The molecule has 2 fully saturated rings. The van der Waals surface area contributed by atoms with Crippen LogP contribution in [0.25, 0.3) is 0 Å². The molecule has 2 heterocycles. The quantitative estimate of drug-likeness (QED) is 0.0504. The monoisotopic (exact) mass is 700 g/mol. The molecule has 5 heteroatoms. The van der Waals surface area contributed by atoms with Crippen LogP contribution in [0.1, 0.15) is 181 Å². The highest BCUT2D eigenvalue weighted by molar-refractivity contribution is 4.98. The van der Waals surface area contributed by atoms with E-state index in [1.54, 1.807) is 7.11 Å². The molecule has 0 saturated carbocycles. The minimum absolute atomic E-state index is 0.0199. The van der Waals surface area contributed by atoms with Crippen molar-refractivity contribution in [3.63, 3.8) is 0 Å². The minimum atomic E-state index is -0.495. The van der Waals surface area contributed by atoms with E-state index < -0.39 is 5.79 Å². The van der Waals surface area contributed by atoms with Crippen molar-refractivity contribution in [2.75, 3.05) is 27.7 Å². The lowest BCUT2D eigenvalue weighted by Gasteiger charge is -2.32. The Bertz CT molecular complexity index is 848. The van der Waals surface area contributed by atoms with Crippen molar-refractivity contribution in [3.05, 3.63) is 48.6 Å². The Labute approximate surface area is 310 Å².